The average Bonchev–Trinajstić information content (AvgIpc) is 2.68. The lowest BCUT2D eigenvalue weighted by atomic mass is 10.0. The number of fused-ring (bicyclic) bond motifs is 1. The summed E-state index contributed by atoms with van der Waals surface area (Å²) in [6, 6.07) is 5.68. The maximum absolute atomic E-state index is 10.4. The average molecular weight is 279 g/mol. The molecule has 0 amide bonds. The zero-order valence-corrected chi connectivity index (χ0v) is 12.6. The molecule has 0 bridgehead atoms. The fraction of sp³-hybridized carbons (Fsp3) is 0.625. The lowest BCUT2D eigenvalue weighted by molar-refractivity contribution is 0.134. The first kappa shape index (κ1) is 15.1. The molecule has 4 nitrogen and oxygen atoms in total. The SMILES string of the molecule is CC(C)CNC(C)C(O)c1ccc2c(c1)OCCCO2. The number of benzene rings is 1. The van der Waals surface area contributed by atoms with Crippen molar-refractivity contribution >= 4 is 0 Å². The van der Waals surface area contributed by atoms with Gasteiger partial charge >= 0.3 is 0 Å². The minimum atomic E-state index is -0.550. The van der Waals surface area contributed by atoms with Gasteiger partial charge in [-0.25, -0.2) is 0 Å². The lowest BCUT2D eigenvalue weighted by Crippen LogP contribution is -2.34. The molecule has 2 N–H and O–H groups in total. The van der Waals surface area contributed by atoms with Crippen molar-refractivity contribution in [2.45, 2.75) is 39.3 Å². The molecule has 0 aliphatic carbocycles. The highest BCUT2D eigenvalue weighted by atomic mass is 16.5. The van der Waals surface area contributed by atoms with E-state index in [1.54, 1.807) is 0 Å². The molecule has 0 saturated carbocycles. The Labute approximate surface area is 121 Å². The van der Waals surface area contributed by atoms with E-state index in [1.807, 2.05) is 25.1 Å². The van der Waals surface area contributed by atoms with Crippen LogP contribution in [-0.4, -0.2) is 30.9 Å². The molecule has 1 aromatic carbocycles. The molecule has 1 aliphatic rings. The highest BCUT2D eigenvalue weighted by molar-refractivity contribution is 5.44. The van der Waals surface area contributed by atoms with Crippen molar-refractivity contribution in [1.29, 1.82) is 0 Å². The summed E-state index contributed by atoms with van der Waals surface area (Å²) >= 11 is 0. The molecule has 0 fully saturated rings. The lowest BCUT2D eigenvalue weighted by Gasteiger charge is -2.22. The van der Waals surface area contributed by atoms with Gasteiger partial charge < -0.3 is 19.9 Å². The fourth-order valence-electron chi connectivity index (χ4n) is 2.19. The third-order valence-corrected chi connectivity index (χ3v) is 3.43. The van der Waals surface area contributed by atoms with Gasteiger partial charge in [0.1, 0.15) is 0 Å². The molecule has 0 saturated heterocycles. The summed E-state index contributed by atoms with van der Waals surface area (Å²) in [5.41, 5.74) is 0.859. The first-order valence-electron chi connectivity index (χ1n) is 7.39. The largest absolute Gasteiger partial charge is 0.490 e. The highest BCUT2D eigenvalue weighted by Crippen LogP contribution is 2.33. The van der Waals surface area contributed by atoms with Crippen molar-refractivity contribution in [3.05, 3.63) is 23.8 Å². The quantitative estimate of drug-likeness (QED) is 0.869. The Balaban J connectivity index is 2.06. The smallest absolute Gasteiger partial charge is 0.161 e. The van der Waals surface area contributed by atoms with E-state index in [0.29, 0.717) is 19.1 Å². The third kappa shape index (κ3) is 3.87. The molecule has 20 heavy (non-hydrogen) atoms. The number of ether oxygens (including phenoxy) is 2. The van der Waals surface area contributed by atoms with Crippen LogP contribution < -0.4 is 14.8 Å². The molecule has 2 rings (SSSR count). The second-order valence-corrected chi connectivity index (χ2v) is 5.79. The van der Waals surface area contributed by atoms with E-state index >= 15 is 0 Å². The fourth-order valence-corrected chi connectivity index (χ4v) is 2.19. The molecule has 112 valence electrons. The maximum atomic E-state index is 10.4. The normalized spacial score (nSPS) is 17.6. The van der Waals surface area contributed by atoms with Crippen molar-refractivity contribution in [2.24, 2.45) is 5.92 Å². The molecule has 2 unspecified atom stereocenters. The minimum absolute atomic E-state index is 0.00199. The van der Waals surface area contributed by atoms with Crippen LogP contribution in [0.3, 0.4) is 0 Å². The summed E-state index contributed by atoms with van der Waals surface area (Å²) in [6.45, 7) is 8.53. The second kappa shape index (κ2) is 6.95. The van der Waals surface area contributed by atoms with Gasteiger partial charge in [-0.3, -0.25) is 0 Å². The van der Waals surface area contributed by atoms with Crippen LogP contribution in [0, 0.1) is 5.92 Å². The van der Waals surface area contributed by atoms with E-state index in [9.17, 15) is 5.11 Å². The number of rotatable bonds is 5. The van der Waals surface area contributed by atoms with Crippen LogP contribution in [-0.2, 0) is 0 Å². The third-order valence-electron chi connectivity index (χ3n) is 3.43. The summed E-state index contributed by atoms with van der Waals surface area (Å²) in [6.07, 6.45) is 0.338. The van der Waals surface area contributed by atoms with E-state index in [1.165, 1.54) is 0 Å². The number of hydrogen-bond donors (Lipinski definition) is 2. The predicted octanol–water partition coefficient (Wildman–Crippen LogP) is 2.52. The topological polar surface area (TPSA) is 50.7 Å². The number of nitrogens with one attached hydrogen (secondary N) is 1. The first-order valence-corrected chi connectivity index (χ1v) is 7.39. The van der Waals surface area contributed by atoms with Gasteiger partial charge in [-0.15, -0.1) is 0 Å². The summed E-state index contributed by atoms with van der Waals surface area (Å²) in [5.74, 6) is 2.06. The Morgan fingerprint density at radius 3 is 2.55 bits per heavy atom. The van der Waals surface area contributed by atoms with Crippen LogP contribution in [0.25, 0.3) is 0 Å². The Bertz CT molecular complexity index is 434. The maximum Gasteiger partial charge on any atom is 0.161 e. The van der Waals surface area contributed by atoms with Crippen LogP contribution in [0.2, 0.25) is 0 Å². The summed E-state index contributed by atoms with van der Waals surface area (Å²) in [4.78, 5) is 0. The van der Waals surface area contributed by atoms with Crippen molar-refractivity contribution in [1.82, 2.24) is 5.32 Å². The van der Waals surface area contributed by atoms with Gasteiger partial charge in [0.15, 0.2) is 11.5 Å². The van der Waals surface area contributed by atoms with Crippen LogP contribution in [0.15, 0.2) is 18.2 Å². The highest BCUT2D eigenvalue weighted by Gasteiger charge is 2.19. The van der Waals surface area contributed by atoms with Gasteiger partial charge in [-0.05, 0) is 37.1 Å². The van der Waals surface area contributed by atoms with Gasteiger partial charge in [0.05, 0.1) is 19.3 Å². The minimum Gasteiger partial charge on any atom is -0.490 e. The molecule has 0 aromatic heterocycles. The Morgan fingerprint density at radius 2 is 1.85 bits per heavy atom. The van der Waals surface area contributed by atoms with Gasteiger partial charge in [0.2, 0.25) is 0 Å². The van der Waals surface area contributed by atoms with Crippen molar-refractivity contribution in [3.63, 3.8) is 0 Å². The van der Waals surface area contributed by atoms with E-state index in [-0.39, 0.29) is 6.04 Å². The number of aliphatic hydroxyl groups excluding tert-OH is 1. The van der Waals surface area contributed by atoms with Crippen LogP contribution in [0.1, 0.15) is 38.9 Å². The Kier molecular flexibility index (Phi) is 5.26. The molecule has 1 aliphatic heterocycles. The molecular weight excluding hydrogens is 254 g/mol. The first-order chi connectivity index (χ1) is 9.58. The molecule has 0 radical (unpaired) electrons. The van der Waals surface area contributed by atoms with E-state index in [4.69, 9.17) is 9.47 Å². The summed E-state index contributed by atoms with van der Waals surface area (Å²) in [7, 11) is 0. The van der Waals surface area contributed by atoms with Crippen molar-refractivity contribution in [2.75, 3.05) is 19.8 Å². The Morgan fingerprint density at radius 1 is 1.15 bits per heavy atom. The zero-order chi connectivity index (χ0) is 14.5. The van der Waals surface area contributed by atoms with Crippen LogP contribution in [0.4, 0.5) is 0 Å². The summed E-state index contributed by atoms with van der Waals surface area (Å²) in [5, 5.41) is 13.8. The number of aliphatic hydroxyl groups is 1. The summed E-state index contributed by atoms with van der Waals surface area (Å²) < 4.78 is 11.3. The van der Waals surface area contributed by atoms with Gasteiger partial charge in [-0.2, -0.15) is 0 Å². The van der Waals surface area contributed by atoms with Crippen LogP contribution in [0.5, 0.6) is 11.5 Å². The molecule has 0 spiro atoms. The molecule has 1 heterocycles. The van der Waals surface area contributed by atoms with E-state index in [2.05, 4.69) is 19.2 Å². The van der Waals surface area contributed by atoms with Crippen molar-refractivity contribution in [3.8, 4) is 11.5 Å². The van der Waals surface area contributed by atoms with Crippen LogP contribution >= 0.6 is 0 Å². The van der Waals surface area contributed by atoms with E-state index < -0.39 is 6.10 Å². The standard InChI is InChI=1S/C16H25NO3/c1-11(2)10-17-12(3)16(18)13-5-6-14-15(9-13)20-8-4-7-19-14/h5-6,9,11-12,16-18H,4,7-8,10H2,1-3H3. The molecule has 1 aromatic rings. The second-order valence-electron chi connectivity index (χ2n) is 5.79. The molecule has 2 atom stereocenters. The van der Waals surface area contributed by atoms with Gasteiger partial charge in [0, 0.05) is 12.5 Å². The monoisotopic (exact) mass is 279 g/mol. The predicted molar refractivity (Wildman–Crippen MR) is 79.3 cm³/mol. The number of hydrogen-bond acceptors (Lipinski definition) is 4. The molecule has 4 heteroatoms. The molecular formula is C16H25NO3. The van der Waals surface area contributed by atoms with Gasteiger partial charge in [0.25, 0.3) is 0 Å². The van der Waals surface area contributed by atoms with Crippen molar-refractivity contribution < 1.29 is 14.6 Å². The van der Waals surface area contributed by atoms with Gasteiger partial charge in [-0.1, -0.05) is 19.9 Å². The Hall–Kier alpha value is -1.26. The zero-order valence-electron chi connectivity index (χ0n) is 12.6. The van der Waals surface area contributed by atoms with E-state index in [0.717, 1.165) is 30.0 Å².